The molecule has 1 aromatic rings. The second kappa shape index (κ2) is 6.14. The van der Waals surface area contributed by atoms with Crippen LogP contribution in [0.4, 0.5) is 5.69 Å². The maximum absolute atomic E-state index is 11.2. The highest BCUT2D eigenvalue weighted by Crippen LogP contribution is 2.33. The zero-order valence-corrected chi connectivity index (χ0v) is 11.1. The zero-order chi connectivity index (χ0) is 13.7. The number of anilines is 1. The van der Waals surface area contributed by atoms with E-state index in [9.17, 15) is 9.90 Å². The number of nitrogens with one attached hydrogen (secondary N) is 1. The van der Waals surface area contributed by atoms with Crippen molar-refractivity contribution in [2.75, 3.05) is 26.1 Å². The van der Waals surface area contributed by atoms with Gasteiger partial charge in [-0.15, -0.1) is 0 Å². The molecule has 0 fully saturated rings. The summed E-state index contributed by atoms with van der Waals surface area (Å²) in [5, 5.41) is 12.3. The molecule has 18 heavy (non-hydrogen) atoms. The lowest BCUT2D eigenvalue weighted by Crippen LogP contribution is -2.12. The highest BCUT2D eigenvalue weighted by molar-refractivity contribution is 5.95. The maximum Gasteiger partial charge on any atom is 0.337 e. The van der Waals surface area contributed by atoms with Crippen LogP contribution >= 0.6 is 0 Å². The largest absolute Gasteiger partial charge is 0.493 e. The fourth-order valence-corrected chi connectivity index (χ4v) is 1.52. The van der Waals surface area contributed by atoms with Gasteiger partial charge in [0.2, 0.25) is 0 Å². The Labute approximate surface area is 107 Å². The number of aromatic carboxylic acids is 1. The molecule has 2 N–H and O–H groups in total. The third-order valence-corrected chi connectivity index (χ3v) is 2.45. The van der Waals surface area contributed by atoms with Gasteiger partial charge in [0.1, 0.15) is 0 Å². The van der Waals surface area contributed by atoms with Crippen LogP contribution < -0.4 is 14.8 Å². The van der Waals surface area contributed by atoms with Crippen LogP contribution in [-0.2, 0) is 0 Å². The van der Waals surface area contributed by atoms with Gasteiger partial charge in [-0.2, -0.15) is 0 Å². The molecule has 0 atom stereocenters. The van der Waals surface area contributed by atoms with E-state index >= 15 is 0 Å². The Kier molecular flexibility index (Phi) is 4.83. The number of methoxy groups -OCH3 is 2. The molecule has 0 aliphatic heterocycles. The third-order valence-electron chi connectivity index (χ3n) is 2.45. The van der Waals surface area contributed by atoms with E-state index in [-0.39, 0.29) is 5.56 Å². The van der Waals surface area contributed by atoms with Crippen molar-refractivity contribution in [3.8, 4) is 11.5 Å². The number of carboxylic acid groups (broad SMARTS) is 1. The summed E-state index contributed by atoms with van der Waals surface area (Å²) in [5.74, 6) is 0.334. The summed E-state index contributed by atoms with van der Waals surface area (Å²) in [6.07, 6.45) is 0. The molecule has 1 rings (SSSR count). The Hall–Kier alpha value is -1.91. The van der Waals surface area contributed by atoms with Gasteiger partial charge in [-0.25, -0.2) is 4.79 Å². The maximum atomic E-state index is 11.2. The summed E-state index contributed by atoms with van der Waals surface area (Å²) in [6, 6.07) is 3.11. The molecule has 0 saturated heterocycles. The van der Waals surface area contributed by atoms with Gasteiger partial charge in [-0.1, -0.05) is 13.8 Å². The fraction of sp³-hybridized carbons (Fsp3) is 0.462. The lowest BCUT2D eigenvalue weighted by atomic mass is 10.1. The summed E-state index contributed by atoms with van der Waals surface area (Å²) < 4.78 is 10.3. The molecule has 5 heteroatoms. The minimum Gasteiger partial charge on any atom is -0.493 e. The Bertz CT molecular complexity index is 429. The van der Waals surface area contributed by atoms with E-state index in [1.165, 1.54) is 20.3 Å². The van der Waals surface area contributed by atoms with Gasteiger partial charge in [0.05, 0.1) is 25.5 Å². The van der Waals surface area contributed by atoms with Crippen molar-refractivity contribution in [2.24, 2.45) is 5.92 Å². The number of carboxylic acids is 1. The molecule has 0 aliphatic carbocycles. The lowest BCUT2D eigenvalue weighted by molar-refractivity contribution is 0.0697. The first-order valence-corrected chi connectivity index (χ1v) is 5.72. The number of hydrogen-bond acceptors (Lipinski definition) is 4. The second-order valence-corrected chi connectivity index (χ2v) is 4.33. The van der Waals surface area contributed by atoms with Crippen LogP contribution in [0.25, 0.3) is 0 Å². The monoisotopic (exact) mass is 253 g/mol. The average Bonchev–Trinajstić information content (AvgIpc) is 2.34. The molecule has 0 saturated carbocycles. The Morgan fingerprint density at radius 1 is 1.28 bits per heavy atom. The highest BCUT2D eigenvalue weighted by atomic mass is 16.5. The van der Waals surface area contributed by atoms with Crippen molar-refractivity contribution in [1.29, 1.82) is 0 Å². The van der Waals surface area contributed by atoms with Crippen LogP contribution in [0.15, 0.2) is 12.1 Å². The SMILES string of the molecule is COc1cc(NCC(C)C)c(C(=O)O)cc1OC. The normalized spacial score (nSPS) is 10.3. The summed E-state index contributed by atoms with van der Waals surface area (Å²) in [6.45, 7) is 4.79. The molecule has 0 bridgehead atoms. The van der Waals surface area contributed by atoms with Gasteiger partial charge in [-0.05, 0) is 5.92 Å². The number of hydrogen-bond donors (Lipinski definition) is 2. The highest BCUT2D eigenvalue weighted by Gasteiger charge is 2.16. The van der Waals surface area contributed by atoms with E-state index in [0.29, 0.717) is 29.6 Å². The number of carbonyl (C=O) groups is 1. The number of ether oxygens (including phenoxy) is 2. The third kappa shape index (κ3) is 3.29. The van der Waals surface area contributed by atoms with E-state index in [1.54, 1.807) is 6.07 Å². The molecule has 0 heterocycles. The molecule has 0 amide bonds. The van der Waals surface area contributed by atoms with Gasteiger partial charge in [-0.3, -0.25) is 0 Å². The van der Waals surface area contributed by atoms with Crippen molar-refractivity contribution < 1.29 is 19.4 Å². The van der Waals surface area contributed by atoms with Crippen LogP contribution in [-0.4, -0.2) is 31.8 Å². The van der Waals surface area contributed by atoms with Crippen LogP contribution in [0.2, 0.25) is 0 Å². The molecule has 0 aromatic heterocycles. The standard InChI is InChI=1S/C13H19NO4/c1-8(2)7-14-10-6-12(18-4)11(17-3)5-9(10)13(15)16/h5-6,8,14H,7H2,1-4H3,(H,15,16). The van der Waals surface area contributed by atoms with Crippen LogP contribution in [0.5, 0.6) is 11.5 Å². The molecule has 100 valence electrons. The average molecular weight is 253 g/mol. The molecular weight excluding hydrogens is 234 g/mol. The molecule has 0 spiro atoms. The van der Waals surface area contributed by atoms with Crippen molar-refractivity contribution in [1.82, 2.24) is 0 Å². The Morgan fingerprint density at radius 3 is 2.28 bits per heavy atom. The zero-order valence-electron chi connectivity index (χ0n) is 11.1. The number of rotatable bonds is 6. The summed E-state index contributed by atoms with van der Waals surface area (Å²) in [5.41, 5.74) is 0.710. The van der Waals surface area contributed by atoms with E-state index in [2.05, 4.69) is 5.32 Å². The number of benzene rings is 1. The Balaban J connectivity index is 3.16. The second-order valence-electron chi connectivity index (χ2n) is 4.33. The topological polar surface area (TPSA) is 67.8 Å². The molecule has 0 aliphatic rings. The van der Waals surface area contributed by atoms with Crippen LogP contribution in [0, 0.1) is 5.92 Å². The minimum atomic E-state index is -0.998. The van der Waals surface area contributed by atoms with Crippen molar-refractivity contribution in [2.45, 2.75) is 13.8 Å². The summed E-state index contributed by atoms with van der Waals surface area (Å²) >= 11 is 0. The quantitative estimate of drug-likeness (QED) is 0.815. The minimum absolute atomic E-state index is 0.174. The molecule has 0 unspecified atom stereocenters. The smallest absolute Gasteiger partial charge is 0.337 e. The predicted molar refractivity (Wildman–Crippen MR) is 69.8 cm³/mol. The van der Waals surface area contributed by atoms with Crippen molar-refractivity contribution in [3.63, 3.8) is 0 Å². The van der Waals surface area contributed by atoms with E-state index in [4.69, 9.17) is 9.47 Å². The fourth-order valence-electron chi connectivity index (χ4n) is 1.52. The van der Waals surface area contributed by atoms with Gasteiger partial charge in [0.25, 0.3) is 0 Å². The van der Waals surface area contributed by atoms with Gasteiger partial charge >= 0.3 is 5.97 Å². The summed E-state index contributed by atoms with van der Waals surface area (Å²) in [7, 11) is 3.00. The Morgan fingerprint density at radius 2 is 1.83 bits per heavy atom. The van der Waals surface area contributed by atoms with Gasteiger partial charge in [0, 0.05) is 18.7 Å². The van der Waals surface area contributed by atoms with Gasteiger partial charge in [0.15, 0.2) is 11.5 Å². The lowest BCUT2D eigenvalue weighted by Gasteiger charge is -2.15. The first-order chi connectivity index (χ1) is 8.49. The van der Waals surface area contributed by atoms with E-state index in [0.717, 1.165) is 0 Å². The van der Waals surface area contributed by atoms with Crippen molar-refractivity contribution >= 4 is 11.7 Å². The molecule has 0 radical (unpaired) electrons. The first kappa shape index (κ1) is 14.2. The summed E-state index contributed by atoms with van der Waals surface area (Å²) in [4.78, 5) is 11.2. The molecule has 5 nitrogen and oxygen atoms in total. The van der Waals surface area contributed by atoms with E-state index in [1.807, 2.05) is 13.8 Å². The van der Waals surface area contributed by atoms with Crippen LogP contribution in [0.3, 0.4) is 0 Å². The van der Waals surface area contributed by atoms with Crippen LogP contribution in [0.1, 0.15) is 24.2 Å². The van der Waals surface area contributed by atoms with Crippen molar-refractivity contribution in [3.05, 3.63) is 17.7 Å². The first-order valence-electron chi connectivity index (χ1n) is 5.72. The predicted octanol–water partition coefficient (Wildman–Crippen LogP) is 2.47. The van der Waals surface area contributed by atoms with Gasteiger partial charge < -0.3 is 19.9 Å². The molecule has 1 aromatic carbocycles. The molecular formula is C13H19NO4. The van der Waals surface area contributed by atoms with E-state index < -0.39 is 5.97 Å².